The summed E-state index contributed by atoms with van der Waals surface area (Å²) in [5.41, 5.74) is 3.23. The van der Waals surface area contributed by atoms with E-state index < -0.39 is 0 Å². The maximum absolute atomic E-state index is 12.5. The third-order valence-electron chi connectivity index (χ3n) is 4.37. The zero-order chi connectivity index (χ0) is 19.1. The lowest BCUT2D eigenvalue weighted by molar-refractivity contribution is -0.123. The number of nitrogens with one attached hydrogen (secondary N) is 1. The molecule has 0 radical (unpaired) electrons. The molecule has 3 aromatic carbocycles. The van der Waals surface area contributed by atoms with Crippen LogP contribution in [0.25, 0.3) is 0 Å². The summed E-state index contributed by atoms with van der Waals surface area (Å²) in [5, 5.41) is 3.09. The third kappa shape index (κ3) is 4.88. The molecule has 3 rings (SSSR count). The number of ether oxygens (including phenoxy) is 2. The molecule has 0 unspecified atom stereocenters. The Hall–Kier alpha value is -3.27. The highest BCUT2D eigenvalue weighted by Gasteiger charge is 2.18. The molecular weight excluding hydrogens is 338 g/mol. The van der Waals surface area contributed by atoms with E-state index in [1.165, 1.54) is 0 Å². The van der Waals surface area contributed by atoms with E-state index in [1.54, 1.807) is 31.4 Å². The van der Waals surface area contributed by atoms with Gasteiger partial charge in [-0.05, 0) is 47.9 Å². The predicted molar refractivity (Wildman–Crippen MR) is 106 cm³/mol. The van der Waals surface area contributed by atoms with Crippen molar-refractivity contribution in [2.24, 2.45) is 0 Å². The van der Waals surface area contributed by atoms with Crippen LogP contribution >= 0.6 is 0 Å². The fourth-order valence-electron chi connectivity index (χ4n) is 2.92. The Morgan fingerprint density at radius 2 is 1.52 bits per heavy atom. The van der Waals surface area contributed by atoms with Crippen LogP contribution in [-0.4, -0.2) is 19.6 Å². The fourth-order valence-corrected chi connectivity index (χ4v) is 2.92. The number of carbonyl (C=O) groups is 1. The Labute approximate surface area is 159 Å². The first-order chi connectivity index (χ1) is 13.2. The van der Waals surface area contributed by atoms with Crippen molar-refractivity contribution < 1.29 is 14.3 Å². The highest BCUT2D eigenvalue weighted by molar-refractivity contribution is 5.78. The van der Waals surface area contributed by atoms with E-state index in [9.17, 15) is 4.79 Å². The standard InChI is InChI=1S/C23H23NO3/c1-17-8-6-7-11-21(17)23(18-9-4-3-5-10-18)24-22(25)16-27-20-14-12-19(26-2)13-15-20/h3-15,23H,16H2,1-2H3,(H,24,25)/t23-/m0/s1. The van der Waals surface area contributed by atoms with Gasteiger partial charge < -0.3 is 14.8 Å². The van der Waals surface area contributed by atoms with Crippen LogP contribution in [0, 0.1) is 6.92 Å². The minimum Gasteiger partial charge on any atom is -0.497 e. The largest absolute Gasteiger partial charge is 0.497 e. The number of carbonyl (C=O) groups excluding carboxylic acids is 1. The Kier molecular flexibility index (Phi) is 6.10. The summed E-state index contributed by atoms with van der Waals surface area (Å²) in [6, 6.07) is 24.9. The molecule has 0 heterocycles. The second-order valence-electron chi connectivity index (χ2n) is 6.23. The quantitative estimate of drug-likeness (QED) is 0.683. The average molecular weight is 361 g/mol. The summed E-state index contributed by atoms with van der Waals surface area (Å²) < 4.78 is 10.7. The predicted octanol–water partition coefficient (Wildman–Crippen LogP) is 4.29. The second kappa shape index (κ2) is 8.90. The maximum atomic E-state index is 12.5. The monoisotopic (exact) mass is 361 g/mol. The van der Waals surface area contributed by atoms with Crippen LogP contribution in [0.15, 0.2) is 78.9 Å². The fraction of sp³-hybridized carbons (Fsp3) is 0.174. The van der Waals surface area contributed by atoms with Crippen molar-refractivity contribution in [2.75, 3.05) is 13.7 Å². The van der Waals surface area contributed by atoms with Crippen molar-refractivity contribution in [3.8, 4) is 11.5 Å². The van der Waals surface area contributed by atoms with E-state index in [0.29, 0.717) is 5.75 Å². The van der Waals surface area contributed by atoms with Crippen LogP contribution in [0.2, 0.25) is 0 Å². The first-order valence-corrected chi connectivity index (χ1v) is 8.84. The highest BCUT2D eigenvalue weighted by Crippen LogP contribution is 2.25. The van der Waals surface area contributed by atoms with E-state index >= 15 is 0 Å². The molecule has 0 saturated carbocycles. The van der Waals surface area contributed by atoms with Gasteiger partial charge in [-0.15, -0.1) is 0 Å². The minimum absolute atomic E-state index is 0.0540. The van der Waals surface area contributed by atoms with Gasteiger partial charge in [0.1, 0.15) is 11.5 Å². The summed E-state index contributed by atoms with van der Waals surface area (Å²) in [5.74, 6) is 1.19. The van der Waals surface area contributed by atoms with Gasteiger partial charge in [-0.25, -0.2) is 0 Å². The van der Waals surface area contributed by atoms with Gasteiger partial charge in [-0.3, -0.25) is 4.79 Å². The van der Waals surface area contributed by atoms with Gasteiger partial charge >= 0.3 is 0 Å². The van der Waals surface area contributed by atoms with Gasteiger partial charge in [0.2, 0.25) is 0 Å². The van der Waals surface area contributed by atoms with Gasteiger partial charge in [0.25, 0.3) is 5.91 Å². The molecule has 0 aliphatic rings. The lowest BCUT2D eigenvalue weighted by atomic mass is 9.95. The van der Waals surface area contributed by atoms with Crippen molar-refractivity contribution >= 4 is 5.91 Å². The average Bonchev–Trinajstić information content (AvgIpc) is 2.72. The Bertz CT molecular complexity index is 876. The first kappa shape index (κ1) is 18.5. The molecule has 0 aliphatic heterocycles. The van der Waals surface area contributed by atoms with Gasteiger partial charge in [0.05, 0.1) is 13.2 Å². The maximum Gasteiger partial charge on any atom is 0.258 e. The van der Waals surface area contributed by atoms with Crippen LogP contribution in [-0.2, 0) is 4.79 Å². The molecule has 0 aromatic heterocycles. The summed E-state index contributed by atoms with van der Waals surface area (Å²) in [6.07, 6.45) is 0. The number of hydrogen-bond acceptors (Lipinski definition) is 3. The molecule has 1 atom stereocenters. The first-order valence-electron chi connectivity index (χ1n) is 8.84. The smallest absolute Gasteiger partial charge is 0.258 e. The molecule has 1 amide bonds. The van der Waals surface area contributed by atoms with Crippen LogP contribution in [0.4, 0.5) is 0 Å². The van der Waals surface area contributed by atoms with Gasteiger partial charge in [0.15, 0.2) is 6.61 Å². The van der Waals surface area contributed by atoms with Crippen molar-refractivity contribution in [3.63, 3.8) is 0 Å². The third-order valence-corrected chi connectivity index (χ3v) is 4.37. The Morgan fingerprint density at radius 3 is 2.19 bits per heavy atom. The molecule has 3 aromatic rings. The molecular formula is C23H23NO3. The van der Waals surface area contributed by atoms with Crippen molar-refractivity contribution in [2.45, 2.75) is 13.0 Å². The number of amides is 1. The van der Waals surface area contributed by atoms with Crippen LogP contribution < -0.4 is 14.8 Å². The summed E-state index contributed by atoms with van der Waals surface area (Å²) in [6.45, 7) is 1.99. The topological polar surface area (TPSA) is 47.6 Å². The molecule has 0 aliphatic carbocycles. The number of methoxy groups -OCH3 is 1. The lowest BCUT2D eigenvalue weighted by Crippen LogP contribution is -2.33. The van der Waals surface area contributed by atoms with Gasteiger partial charge in [-0.1, -0.05) is 54.6 Å². The molecule has 1 N–H and O–H groups in total. The van der Waals surface area contributed by atoms with Gasteiger partial charge in [-0.2, -0.15) is 0 Å². The van der Waals surface area contributed by atoms with Crippen molar-refractivity contribution in [1.82, 2.24) is 5.32 Å². The van der Waals surface area contributed by atoms with E-state index in [0.717, 1.165) is 22.4 Å². The van der Waals surface area contributed by atoms with E-state index in [-0.39, 0.29) is 18.6 Å². The second-order valence-corrected chi connectivity index (χ2v) is 6.23. The van der Waals surface area contributed by atoms with Crippen LogP contribution in [0.1, 0.15) is 22.7 Å². The molecule has 0 spiro atoms. The van der Waals surface area contributed by atoms with E-state index in [1.807, 2.05) is 61.5 Å². The molecule has 138 valence electrons. The van der Waals surface area contributed by atoms with Crippen molar-refractivity contribution in [1.29, 1.82) is 0 Å². The molecule has 0 bridgehead atoms. The SMILES string of the molecule is COc1ccc(OCC(=O)N[C@@H](c2ccccc2)c2ccccc2C)cc1. The van der Waals surface area contributed by atoms with Crippen LogP contribution in [0.3, 0.4) is 0 Å². The number of benzene rings is 3. The minimum atomic E-state index is -0.223. The number of aryl methyl sites for hydroxylation is 1. The Balaban J connectivity index is 1.72. The summed E-state index contributed by atoms with van der Waals surface area (Å²) in [4.78, 5) is 12.5. The lowest BCUT2D eigenvalue weighted by Gasteiger charge is -2.21. The van der Waals surface area contributed by atoms with Gasteiger partial charge in [0, 0.05) is 0 Å². The van der Waals surface area contributed by atoms with E-state index in [4.69, 9.17) is 9.47 Å². The summed E-state index contributed by atoms with van der Waals surface area (Å²) >= 11 is 0. The van der Waals surface area contributed by atoms with Crippen LogP contribution in [0.5, 0.6) is 11.5 Å². The molecule has 27 heavy (non-hydrogen) atoms. The molecule has 4 nitrogen and oxygen atoms in total. The number of hydrogen-bond donors (Lipinski definition) is 1. The van der Waals surface area contributed by atoms with E-state index in [2.05, 4.69) is 5.32 Å². The van der Waals surface area contributed by atoms with Crippen molar-refractivity contribution in [3.05, 3.63) is 95.6 Å². The Morgan fingerprint density at radius 1 is 0.889 bits per heavy atom. The zero-order valence-electron chi connectivity index (χ0n) is 15.5. The molecule has 0 fully saturated rings. The molecule has 0 saturated heterocycles. The highest BCUT2D eigenvalue weighted by atomic mass is 16.5. The normalized spacial score (nSPS) is 11.5. The zero-order valence-corrected chi connectivity index (χ0v) is 15.5. The summed E-state index contributed by atoms with van der Waals surface area (Å²) in [7, 11) is 1.61. The molecule has 4 heteroatoms. The number of rotatable bonds is 7.